The lowest BCUT2D eigenvalue weighted by Gasteiger charge is -2.42. The van der Waals surface area contributed by atoms with E-state index in [1.165, 1.54) is 17.2 Å². The van der Waals surface area contributed by atoms with Crippen LogP contribution in [0, 0.1) is 10.1 Å². The third-order valence-electron chi connectivity index (χ3n) is 6.66. The van der Waals surface area contributed by atoms with Crippen molar-refractivity contribution in [3.8, 4) is 0 Å². The second kappa shape index (κ2) is 7.40. The molecule has 7 nitrogen and oxygen atoms in total. The molecule has 7 heteroatoms. The van der Waals surface area contributed by atoms with E-state index in [9.17, 15) is 14.9 Å². The fraction of sp³-hybridized carbons (Fsp3) is 0.435. The highest BCUT2D eigenvalue weighted by Crippen LogP contribution is 2.43. The molecule has 30 heavy (non-hydrogen) atoms. The molecule has 2 aliphatic heterocycles. The van der Waals surface area contributed by atoms with Gasteiger partial charge in [-0.3, -0.25) is 14.9 Å². The first-order valence-electron chi connectivity index (χ1n) is 10.6. The highest BCUT2D eigenvalue weighted by molar-refractivity contribution is 5.99. The van der Waals surface area contributed by atoms with Gasteiger partial charge < -0.3 is 14.5 Å². The number of likely N-dealkylation sites (tertiary alicyclic amines) is 1. The molecule has 1 unspecified atom stereocenters. The number of nitrogens with zero attached hydrogens (tertiary/aromatic N) is 3. The second-order valence-corrected chi connectivity index (χ2v) is 8.38. The molecule has 3 aliphatic rings. The minimum atomic E-state index is -0.457. The molecule has 1 amide bonds. The quantitative estimate of drug-likeness (QED) is 0.575. The molecule has 1 atom stereocenters. The van der Waals surface area contributed by atoms with Gasteiger partial charge in [0, 0.05) is 31.4 Å². The molecule has 2 aromatic rings. The van der Waals surface area contributed by atoms with E-state index in [4.69, 9.17) is 4.74 Å². The number of carbonyl (C=O) groups excluding carboxylic acids is 1. The Morgan fingerprint density at radius 1 is 1.10 bits per heavy atom. The van der Waals surface area contributed by atoms with E-state index in [0.717, 1.165) is 31.4 Å². The van der Waals surface area contributed by atoms with Crippen molar-refractivity contribution in [2.24, 2.45) is 0 Å². The van der Waals surface area contributed by atoms with Gasteiger partial charge in [-0.15, -0.1) is 0 Å². The van der Waals surface area contributed by atoms with Crippen molar-refractivity contribution >= 4 is 17.3 Å². The molecule has 0 radical (unpaired) electrons. The minimum Gasteiger partial charge on any atom is -0.367 e. The van der Waals surface area contributed by atoms with E-state index in [0.29, 0.717) is 32.8 Å². The summed E-state index contributed by atoms with van der Waals surface area (Å²) in [5.74, 6) is -0.241. The maximum absolute atomic E-state index is 13.0. The number of nitro groups is 1. The van der Waals surface area contributed by atoms with Gasteiger partial charge in [0.2, 0.25) is 0 Å². The largest absolute Gasteiger partial charge is 0.367 e. The Labute approximate surface area is 175 Å². The van der Waals surface area contributed by atoms with Gasteiger partial charge in [0.25, 0.3) is 11.6 Å². The van der Waals surface area contributed by atoms with Crippen molar-refractivity contribution in [1.82, 2.24) is 4.90 Å². The maximum Gasteiger partial charge on any atom is 0.282 e. The van der Waals surface area contributed by atoms with Gasteiger partial charge >= 0.3 is 0 Å². The van der Waals surface area contributed by atoms with E-state index in [2.05, 4.69) is 23.1 Å². The standard InChI is InChI=1S/C23H25N3O4/c27-22(24-11-3-4-12-24)19-15-18(7-8-21(19)26(28)29)25-13-14-30-23(16-25)10-9-17-5-1-2-6-20(17)23/h1-2,5-8,15H,3-4,9-14,16H2. The average Bonchev–Trinajstić information content (AvgIpc) is 3.43. The summed E-state index contributed by atoms with van der Waals surface area (Å²) in [6, 6.07) is 13.4. The average molecular weight is 407 g/mol. The summed E-state index contributed by atoms with van der Waals surface area (Å²) in [6.07, 6.45) is 3.81. The van der Waals surface area contributed by atoms with Gasteiger partial charge in [-0.2, -0.15) is 0 Å². The third kappa shape index (κ3) is 3.13. The molecule has 0 saturated carbocycles. The van der Waals surface area contributed by atoms with Gasteiger partial charge in [-0.25, -0.2) is 0 Å². The number of hydrogen-bond donors (Lipinski definition) is 0. The van der Waals surface area contributed by atoms with Crippen LogP contribution in [-0.2, 0) is 16.8 Å². The lowest BCUT2D eigenvalue weighted by atomic mass is 9.93. The van der Waals surface area contributed by atoms with Crippen molar-refractivity contribution in [2.45, 2.75) is 31.3 Å². The number of ether oxygens (including phenoxy) is 1. The Morgan fingerprint density at radius 3 is 2.70 bits per heavy atom. The van der Waals surface area contributed by atoms with Crippen LogP contribution in [-0.4, -0.2) is 48.5 Å². The molecule has 5 rings (SSSR count). The molecular formula is C23H25N3O4. The number of benzene rings is 2. The number of rotatable bonds is 3. The highest BCUT2D eigenvalue weighted by atomic mass is 16.6. The second-order valence-electron chi connectivity index (χ2n) is 8.38. The molecule has 2 fully saturated rings. The van der Waals surface area contributed by atoms with Gasteiger partial charge in [0.05, 0.1) is 18.1 Å². The van der Waals surface area contributed by atoms with Crippen LogP contribution >= 0.6 is 0 Å². The zero-order valence-corrected chi connectivity index (χ0v) is 16.9. The number of anilines is 1. The number of amides is 1. The summed E-state index contributed by atoms with van der Waals surface area (Å²) in [4.78, 5) is 28.0. The number of hydrogen-bond acceptors (Lipinski definition) is 5. The highest BCUT2D eigenvalue weighted by Gasteiger charge is 2.43. The topological polar surface area (TPSA) is 75.9 Å². The summed E-state index contributed by atoms with van der Waals surface area (Å²) in [5.41, 5.74) is 3.13. The summed E-state index contributed by atoms with van der Waals surface area (Å²) in [7, 11) is 0. The Kier molecular flexibility index (Phi) is 4.70. The molecular weight excluding hydrogens is 382 g/mol. The predicted molar refractivity (Wildman–Crippen MR) is 113 cm³/mol. The van der Waals surface area contributed by atoms with Gasteiger partial charge in [0.15, 0.2) is 0 Å². The van der Waals surface area contributed by atoms with Crippen LogP contribution in [0.15, 0.2) is 42.5 Å². The SMILES string of the molecule is O=C(c1cc(N2CCOC3(CCc4ccccc43)C2)ccc1[N+](=O)[O-])N1CCCC1. The zero-order chi connectivity index (χ0) is 20.7. The Bertz CT molecular complexity index is 998. The number of morpholine rings is 1. The Morgan fingerprint density at radius 2 is 1.90 bits per heavy atom. The van der Waals surface area contributed by atoms with Crippen LogP contribution < -0.4 is 4.90 Å². The number of aryl methyl sites for hydroxylation is 1. The summed E-state index contributed by atoms with van der Waals surface area (Å²) >= 11 is 0. The molecule has 0 N–H and O–H groups in total. The summed E-state index contributed by atoms with van der Waals surface area (Å²) in [6.45, 7) is 3.29. The summed E-state index contributed by atoms with van der Waals surface area (Å²) in [5, 5.41) is 11.6. The summed E-state index contributed by atoms with van der Waals surface area (Å²) < 4.78 is 6.30. The van der Waals surface area contributed by atoms with Crippen LogP contribution in [0.25, 0.3) is 0 Å². The van der Waals surface area contributed by atoms with Crippen molar-refractivity contribution in [3.05, 3.63) is 69.3 Å². The Balaban J connectivity index is 1.47. The number of nitro benzene ring substituents is 1. The molecule has 0 bridgehead atoms. The lowest BCUT2D eigenvalue weighted by Crippen LogP contribution is -2.49. The van der Waals surface area contributed by atoms with E-state index >= 15 is 0 Å². The fourth-order valence-electron chi connectivity index (χ4n) is 5.11. The molecule has 2 heterocycles. The fourth-order valence-corrected chi connectivity index (χ4v) is 5.11. The number of carbonyl (C=O) groups is 1. The van der Waals surface area contributed by atoms with E-state index in [1.807, 2.05) is 6.07 Å². The monoisotopic (exact) mass is 407 g/mol. The molecule has 156 valence electrons. The van der Waals surface area contributed by atoms with Crippen LogP contribution in [0.5, 0.6) is 0 Å². The van der Waals surface area contributed by atoms with E-state index in [1.54, 1.807) is 17.0 Å². The first-order chi connectivity index (χ1) is 14.6. The minimum absolute atomic E-state index is 0.121. The molecule has 1 aliphatic carbocycles. The van der Waals surface area contributed by atoms with E-state index in [-0.39, 0.29) is 22.8 Å². The van der Waals surface area contributed by atoms with Crippen LogP contribution in [0.4, 0.5) is 11.4 Å². The normalized spacial score (nSPS) is 23.1. The van der Waals surface area contributed by atoms with Crippen molar-refractivity contribution < 1.29 is 14.5 Å². The zero-order valence-electron chi connectivity index (χ0n) is 16.9. The molecule has 1 spiro atoms. The molecule has 0 aromatic heterocycles. The predicted octanol–water partition coefficient (Wildman–Crippen LogP) is 3.51. The van der Waals surface area contributed by atoms with Crippen molar-refractivity contribution in [1.29, 1.82) is 0 Å². The van der Waals surface area contributed by atoms with Crippen molar-refractivity contribution in [3.63, 3.8) is 0 Å². The van der Waals surface area contributed by atoms with Crippen LogP contribution in [0.3, 0.4) is 0 Å². The molecule has 2 aromatic carbocycles. The first-order valence-corrected chi connectivity index (χ1v) is 10.6. The lowest BCUT2D eigenvalue weighted by molar-refractivity contribution is -0.385. The first kappa shape index (κ1) is 19.1. The van der Waals surface area contributed by atoms with Gasteiger partial charge in [0.1, 0.15) is 11.2 Å². The van der Waals surface area contributed by atoms with Crippen LogP contribution in [0.1, 0.15) is 40.7 Å². The van der Waals surface area contributed by atoms with Crippen LogP contribution in [0.2, 0.25) is 0 Å². The van der Waals surface area contributed by atoms with Crippen molar-refractivity contribution in [2.75, 3.05) is 37.7 Å². The molecule has 2 saturated heterocycles. The smallest absolute Gasteiger partial charge is 0.282 e. The van der Waals surface area contributed by atoms with Gasteiger partial charge in [-0.1, -0.05) is 24.3 Å². The number of fused-ring (bicyclic) bond motifs is 2. The maximum atomic E-state index is 13.0. The van der Waals surface area contributed by atoms with E-state index < -0.39 is 4.92 Å². The Hall–Kier alpha value is -2.93. The third-order valence-corrected chi connectivity index (χ3v) is 6.66. The van der Waals surface area contributed by atoms with Gasteiger partial charge in [-0.05, 0) is 48.9 Å².